The standard InChI is InChI=1S/C13H14BrN3O/c1-8-6-10(14)4-5-12(8)17-13(18)11(7-15-3)9(2)16-17/h4-7,15H,1-3H3/b11-7-. The third-order valence-corrected chi connectivity index (χ3v) is 3.23. The Hall–Kier alpha value is -1.62. The molecule has 94 valence electrons. The van der Waals surface area contributed by atoms with E-state index in [-0.39, 0.29) is 5.91 Å². The Bertz CT molecular complexity index is 563. The van der Waals surface area contributed by atoms with Gasteiger partial charge in [-0.05, 0) is 37.6 Å². The summed E-state index contributed by atoms with van der Waals surface area (Å²) in [5, 5.41) is 8.62. The molecular formula is C13H14BrN3O. The molecule has 0 unspecified atom stereocenters. The number of benzene rings is 1. The molecule has 0 saturated heterocycles. The topological polar surface area (TPSA) is 44.7 Å². The summed E-state index contributed by atoms with van der Waals surface area (Å²) in [6.07, 6.45) is 1.68. The maximum atomic E-state index is 12.2. The van der Waals surface area contributed by atoms with E-state index in [0.29, 0.717) is 5.57 Å². The third-order valence-electron chi connectivity index (χ3n) is 2.74. The number of anilines is 1. The zero-order chi connectivity index (χ0) is 13.3. The van der Waals surface area contributed by atoms with Crippen LogP contribution in [0.2, 0.25) is 0 Å². The molecule has 1 aliphatic heterocycles. The molecule has 0 fully saturated rings. The van der Waals surface area contributed by atoms with Crippen LogP contribution in [0.4, 0.5) is 5.69 Å². The largest absolute Gasteiger partial charge is 0.393 e. The Morgan fingerprint density at radius 1 is 1.39 bits per heavy atom. The Kier molecular flexibility index (Phi) is 3.52. The number of aryl methyl sites for hydroxylation is 1. The highest BCUT2D eigenvalue weighted by Crippen LogP contribution is 2.28. The third kappa shape index (κ3) is 2.18. The minimum Gasteiger partial charge on any atom is -0.393 e. The maximum Gasteiger partial charge on any atom is 0.282 e. The smallest absolute Gasteiger partial charge is 0.282 e. The Balaban J connectivity index is 2.42. The van der Waals surface area contributed by atoms with Crippen LogP contribution in [-0.2, 0) is 4.79 Å². The molecule has 0 aliphatic carbocycles. The van der Waals surface area contributed by atoms with Crippen molar-refractivity contribution < 1.29 is 4.79 Å². The molecule has 1 aliphatic rings. The van der Waals surface area contributed by atoms with Gasteiger partial charge in [0.1, 0.15) is 0 Å². The van der Waals surface area contributed by atoms with Crippen molar-refractivity contribution in [2.24, 2.45) is 5.10 Å². The number of amides is 1. The van der Waals surface area contributed by atoms with E-state index in [1.165, 1.54) is 5.01 Å². The molecule has 0 spiro atoms. The molecule has 5 heteroatoms. The van der Waals surface area contributed by atoms with Gasteiger partial charge >= 0.3 is 0 Å². The molecule has 4 nitrogen and oxygen atoms in total. The zero-order valence-electron chi connectivity index (χ0n) is 10.5. The first-order valence-corrected chi connectivity index (χ1v) is 6.37. The fourth-order valence-electron chi connectivity index (χ4n) is 1.85. The highest BCUT2D eigenvalue weighted by Gasteiger charge is 2.29. The van der Waals surface area contributed by atoms with Gasteiger partial charge in [0.25, 0.3) is 5.91 Å². The van der Waals surface area contributed by atoms with Crippen LogP contribution in [0, 0.1) is 6.92 Å². The molecule has 1 amide bonds. The summed E-state index contributed by atoms with van der Waals surface area (Å²) in [6, 6.07) is 5.75. The van der Waals surface area contributed by atoms with Gasteiger partial charge in [0.15, 0.2) is 0 Å². The van der Waals surface area contributed by atoms with Crippen molar-refractivity contribution >= 4 is 33.2 Å². The lowest BCUT2D eigenvalue weighted by atomic mass is 10.1. The lowest BCUT2D eigenvalue weighted by Crippen LogP contribution is -2.22. The predicted octanol–water partition coefficient (Wildman–Crippen LogP) is 2.58. The van der Waals surface area contributed by atoms with E-state index in [9.17, 15) is 4.79 Å². The number of rotatable bonds is 2. The van der Waals surface area contributed by atoms with E-state index >= 15 is 0 Å². The monoisotopic (exact) mass is 307 g/mol. The van der Waals surface area contributed by atoms with Crippen LogP contribution in [-0.4, -0.2) is 18.7 Å². The molecule has 1 N–H and O–H groups in total. The molecule has 0 saturated carbocycles. The Labute approximate surface area is 114 Å². The second kappa shape index (κ2) is 4.94. The average Bonchev–Trinajstić information content (AvgIpc) is 2.58. The first kappa shape index (κ1) is 12.8. The van der Waals surface area contributed by atoms with E-state index in [4.69, 9.17) is 0 Å². The van der Waals surface area contributed by atoms with Crippen LogP contribution in [0.25, 0.3) is 0 Å². The van der Waals surface area contributed by atoms with Gasteiger partial charge in [-0.15, -0.1) is 0 Å². The van der Waals surface area contributed by atoms with Crippen LogP contribution in [0.3, 0.4) is 0 Å². The van der Waals surface area contributed by atoms with Crippen LogP contribution in [0.5, 0.6) is 0 Å². The number of hydrogen-bond donors (Lipinski definition) is 1. The van der Waals surface area contributed by atoms with E-state index in [1.807, 2.05) is 32.0 Å². The van der Waals surface area contributed by atoms with E-state index in [1.54, 1.807) is 13.2 Å². The molecule has 1 aromatic rings. The van der Waals surface area contributed by atoms with Gasteiger partial charge in [-0.2, -0.15) is 10.1 Å². The lowest BCUT2D eigenvalue weighted by molar-refractivity contribution is -0.114. The number of hydrazone groups is 1. The van der Waals surface area contributed by atoms with Crippen LogP contribution in [0.1, 0.15) is 12.5 Å². The van der Waals surface area contributed by atoms with Crippen molar-refractivity contribution in [1.29, 1.82) is 0 Å². The molecule has 18 heavy (non-hydrogen) atoms. The quantitative estimate of drug-likeness (QED) is 0.854. The van der Waals surface area contributed by atoms with Gasteiger partial charge in [0.05, 0.1) is 17.0 Å². The fourth-order valence-corrected chi connectivity index (χ4v) is 2.32. The highest BCUT2D eigenvalue weighted by molar-refractivity contribution is 9.10. The lowest BCUT2D eigenvalue weighted by Gasteiger charge is -2.14. The van der Waals surface area contributed by atoms with Crippen LogP contribution < -0.4 is 10.3 Å². The molecule has 0 atom stereocenters. The molecule has 0 radical (unpaired) electrons. The molecule has 1 heterocycles. The van der Waals surface area contributed by atoms with E-state index < -0.39 is 0 Å². The predicted molar refractivity (Wildman–Crippen MR) is 76.6 cm³/mol. The van der Waals surface area contributed by atoms with Gasteiger partial charge in [0, 0.05) is 17.7 Å². The summed E-state index contributed by atoms with van der Waals surface area (Å²) in [7, 11) is 1.76. The number of nitrogens with one attached hydrogen (secondary N) is 1. The summed E-state index contributed by atoms with van der Waals surface area (Å²) in [6.45, 7) is 3.78. The Morgan fingerprint density at radius 2 is 2.11 bits per heavy atom. The molecule has 0 bridgehead atoms. The van der Waals surface area contributed by atoms with E-state index in [2.05, 4.69) is 26.3 Å². The summed E-state index contributed by atoms with van der Waals surface area (Å²) in [5.74, 6) is -0.104. The van der Waals surface area contributed by atoms with Crippen molar-refractivity contribution in [2.45, 2.75) is 13.8 Å². The molecule has 2 rings (SSSR count). The Morgan fingerprint density at radius 3 is 2.72 bits per heavy atom. The van der Waals surface area contributed by atoms with Crippen molar-refractivity contribution in [3.05, 3.63) is 40.0 Å². The first-order chi connectivity index (χ1) is 8.54. The maximum absolute atomic E-state index is 12.2. The summed E-state index contributed by atoms with van der Waals surface area (Å²) in [4.78, 5) is 12.2. The summed E-state index contributed by atoms with van der Waals surface area (Å²) >= 11 is 3.41. The second-order valence-corrected chi connectivity index (χ2v) is 5.00. The van der Waals surface area contributed by atoms with Gasteiger partial charge < -0.3 is 5.32 Å². The van der Waals surface area contributed by atoms with Crippen molar-refractivity contribution in [2.75, 3.05) is 12.1 Å². The SMILES string of the molecule is CN/C=C1\C(=O)N(c2ccc(Br)cc2C)N=C1C. The first-order valence-electron chi connectivity index (χ1n) is 5.58. The number of hydrogen-bond acceptors (Lipinski definition) is 3. The average molecular weight is 308 g/mol. The minimum absolute atomic E-state index is 0.104. The molecule has 1 aromatic carbocycles. The van der Waals surface area contributed by atoms with Gasteiger partial charge in [0.2, 0.25) is 0 Å². The van der Waals surface area contributed by atoms with Gasteiger partial charge in [-0.25, -0.2) is 0 Å². The van der Waals surface area contributed by atoms with Crippen molar-refractivity contribution in [1.82, 2.24) is 5.32 Å². The highest BCUT2D eigenvalue weighted by atomic mass is 79.9. The molecule has 0 aromatic heterocycles. The summed E-state index contributed by atoms with van der Waals surface area (Å²) in [5.41, 5.74) is 3.12. The fraction of sp³-hybridized carbons (Fsp3) is 0.231. The minimum atomic E-state index is -0.104. The molecular weight excluding hydrogens is 294 g/mol. The second-order valence-electron chi connectivity index (χ2n) is 4.08. The normalized spacial score (nSPS) is 17.3. The van der Waals surface area contributed by atoms with Crippen molar-refractivity contribution in [3.8, 4) is 0 Å². The van der Waals surface area contributed by atoms with Crippen LogP contribution >= 0.6 is 15.9 Å². The number of carbonyl (C=O) groups is 1. The van der Waals surface area contributed by atoms with Gasteiger partial charge in [-0.3, -0.25) is 4.79 Å². The number of carbonyl (C=O) groups excluding carboxylic acids is 1. The van der Waals surface area contributed by atoms with Crippen molar-refractivity contribution in [3.63, 3.8) is 0 Å². The van der Waals surface area contributed by atoms with Crippen LogP contribution in [0.15, 0.2) is 39.5 Å². The summed E-state index contributed by atoms with van der Waals surface area (Å²) < 4.78 is 0.988. The zero-order valence-corrected chi connectivity index (χ0v) is 12.1. The van der Waals surface area contributed by atoms with Gasteiger partial charge in [-0.1, -0.05) is 15.9 Å². The number of halogens is 1. The van der Waals surface area contributed by atoms with E-state index in [0.717, 1.165) is 21.4 Å². The number of nitrogens with zero attached hydrogens (tertiary/aromatic N) is 2.